The summed E-state index contributed by atoms with van der Waals surface area (Å²) in [6.45, 7) is 1.85. The van der Waals surface area contributed by atoms with E-state index in [9.17, 15) is 13.2 Å². The van der Waals surface area contributed by atoms with Crippen molar-refractivity contribution in [2.24, 2.45) is 0 Å². The SMILES string of the molecule is Cc1nc(CSc2nnc(C(F)(F)F)n2N)cs1. The maximum Gasteiger partial charge on any atom is 0.453 e. The number of alkyl halides is 3. The van der Waals surface area contributed by atoms with E-state index in [1.807, 2.05) is 12.3 Å². The molecule has 5 nitrogen and oxygen atoms in total. The number of halogens is 3. The molecule has 2 aromatic rings. The van der Waals surface area contributed by atoms with E-state index >= 15 is 0 Å². The summed E-state index contributed by atoms with van der Waals surface area (Å²) in [4.78, 5) is 4.19. The molecule has 2 N–H and O–H groups in total. The molecule has 0 amide bonds. The summed E-state index contributed by atoms with van der Waals surface area (Å²) in [7, 11) is 0. The van der Waals surface area contributed by atoms with Gasteiger partial charge in [-0.1, -0.05) is 11.8 Å². The highest BCUT2D eigenvalue weighted by molar-refractivity contribution is 7.98. The lowest BCUT2D eigenvalue weighted by Crippen LogP contribution is -2.21. The molecule has 0 aromatic carbocycles. The van der Waals surface area contributed by atoms with Crippen LogP contribution in [0.5, 0.6) is 0 Å². The Morgan fingerprint density at radius 1 is 1.44 bits per heavy atom. The fourth-order valence-corrected chi connectivity index (χ4v) is 2.65. The molecular weight excluding hydrogens is 287 g/mol. The molecule has 0 aliphatic carbocycles. The van der Waals surface area contributed by atoms with Crippen LogP contribution in [0, 0.1) is 6.92 Å². The Balaban J connectivity index is 2.09. The molecule has 0 unspecified atom stereocenters. The van der Waals surface area contributed by atoms with Crippen LogP contribution in [0.15, 0.2) is 10.5 Å². The summed E-state index contributed by atoms with van der Waals surface area (Å²) in [5.41, 5.74) is 0.777. The van der Waals surface area contributed by atoms with Crippen LogP contribution in [0.4, 0.5) is 13.2 Å². The van der Waals surface area contributed by atoms with E-state index < -0.39 is 12.0 Å². The highest BCUT2D eigenvalue weighted by atomic mass is 32.2. The summed E-state index contributed by atoms with van der Waals surface area (Å²) in [5.74, 6) is 4.48. The van der Waals surface area contributed by atoms with Crippen LogP contribution < -0.4 is 5.84 Å². The van der Waals surface area contributed by atoms with E-state index in [4.69, 9.17) is 5.84 Å². The van der Waals surface area contributed by atoms with Crippen molar-refractivity contribution >= 4 is 23.1 Å². The van der Waals surface area contributed by atoms with Crippen molar-refractivity contribution < 1.29 is 13.2 Å². The van der Waals surface area contributed by atoms with E-state index in [-0.39, 0.29) is 5.16 Å². The number of hydrogen-bond donors (Lipinski definition) is 1. The van der Waals surface area contributed by atoms with E-state index in [1.54, 1.807) is 0 Å². The molecule has 0 spiro atoms. The average Bonchev–Trinajstić information content (AvgIpc) is 2.81. The highest BCUT2D eigenvalue weighted by Gasteiger charge is 2.38. The monoisotopic (exact) mass is 295 g/mol. The first-order chi connectivity index (χ1) is 8.38. The first-order valence-electron chi connectivity index (χ1n) is 4.69. The van der Waals surface area contributed by atoms with Crippen molar-refractivity contribution in [1.29, 1.82) is 0 Å². The molecule has 0 bridgehead atoms. The van der Waals surface area contributed by atoms with Gasteiger partial charge in [0.2, 0.25) is 5.16 Å². The smallest absolute Gasteiger partial charge is 0.335 e. The lowest BCUT2D eigenvalue weighted by atomic mass is 10.6. The molecular formula is C8H8F3N5S2. The summed E-state index contributed by atoms with van der Waals surface area (Å²) in [6.07, 6.45) is -4.60. The molecule has 98 valence electrons. The van der Waals surface area contributed by atoms with Crippen molar-refractivity contribution in [3.63, 3.8) is 0 Å². The third-order valence-electron chi connectivity index (χ3n) is 1.93. The van der Waals surface area contributed by atoms with Crippen molar-refractivity contribution in [1.82, 2.24) is 19.9 Å². The Morgan fingerprint density at radius 2 is 2.17 bits per heavy atom. The van der Waals surface area contributed by atoms with Crippen LogP contribution in [0.3, 0.4) is 0 Å². The van der Waals surface area contributed by atoms with Gasteiger partial charge in [-0.25, -0.2) is 9.66 Å². The maximum atomic E-state index is 12.4. The molecule has 18 heavy (non-hydrogen) atoms. The molecule has 0 aliphatic rings. The maximum absolute atomic E-state index is 12.4. The zero-order valence-corrected chi connectivity index (χ0v) is 10.7. The van der Waals surface area contributed by atoms with Gasteiger partial charge in [0.1, 0.15) is 0 Å². The molecule has 2 aromatic heterocycles. The first-order valence-corrected chi connectivity index (χ1v) is 6.56. The number of nitrogens with two attached hydrogens (primary N) is 1. The minimum Gasteiger partial charge on any atom is -0.335 e. The van der Waals surface area contributed by atoms with Gasteiger partial charge in [-0.3, -0.25) is 0 Å². The molecule has 0 radical (unpaired) electrons. The normalized spacial score (nSPS) is 12.0. The van der Waals surface area contributed by atoms with Crippen LogP contribution in [-0.4, -0.2) is 19.9 Å². The van der Waals surface area contributed by atoms with E-state index in [0.29, 0.717) is 10.4 Å². The van der Waals surface area contributed by atoms with Gasteiger partial charge in [0.05, 0.1) is 10.7 Å². The predicted molar refractivity (Wildman–Crippen MR) is 61.6 cm³/mol. The second-order valence-electron chi connectivity index (χ2n) is 3.32. The number of thiazole rings is 1. The van der Waals surface area contributed by atoms with Gasteiger partial charge in [-0.2, -0.15) is 13.2 Å². The number of aromatic nitrogens is 4. The molecule has 0 aliphatic heterocycles. The third kappa shape index (κ3) is 2.75. The van der Waals surface area contributed by atoms with Crippen LogP contribution >= 0.6 is 23.1 Å². The van der Waals surface area contributed by atoms with Crippen LogP contribution in [0.1, 0.15) is 16.5 Å². The minimum absolute atomic E-state index is 0.00739. The Bertz CT molecular complexity index is 547. The van der Waals surface area contributed by atoms with E-state index in [1.165, 1.54) is 11.3 Å². The Kier molecular flexibility index (Phi) is 3.48. The van der Waals surface area contributed by atoms with Gasteiger partial charge >= 0.3 is 6.18 Å². The Morgan fingerprint density at radius 3 is 2.67 bits per heavy atom. The zero-order valence-electron chi connectivity index (χ0n) is 9.10. The van der Waals surface area contributed by atoms with Crippen molar-refractivity contribution in [2.75, 3.05) is 5.84 Å². The number of rotatable bonds is 3. The lowest BCUT2D eigenvalue weighted by Gasteiger charge is -2.05. The second-order valence-corrected chi connectivity index (χ2v) is 5.33. The number of thioether (sulfide) groups is 1. The van der Waals surface area contributed by atoms with Crippen LogP contribution in [0.2, 0.25) is 0 Å². The summed E-state index contributed by atoms with van der Waals surface area (Å²) in [6, 6.07) is 0. The zero-order chi connectivity index (χ0) is 13.3. The standard InChI is InChI=1S/C8H8F3N5S2/c1-4-13-5(2-17-4)3-18-7-15-14-6(16(7)12)8(9,10)11/h2H,3,12H2,1H3. The number of nitrogen functional groups attached to an aromatic ring is 1. The third-order valence-corrected chi connectivity index (χ3v) is 3.73. The predicted octanol–water partition coefficient (Wildman–Crippen LogP) is 2.07. The number of hydrogen-bond acceptors (Lipinski definition) is 6. The number of nitrogens with zero attached hydrogens (tertiary/aromatic N) is 4. The van der Waals surface area contributed by atoms with Gasteiger partial charge in [-0.15, -0.1) is 21.5 Å². The second kappa shape index (κ2) is 4.76. The molecule has 0 atom stereocenters. The highest BCUT2D eigenvalue weighted by Crippen LogP contribution is 2.29. The molecule has 0 fully saturated rings. The Hall–Kier alpha value is -1.29. The summed E-state index contributed by atoms with van der Waals surface area (Å²) in [5, 5.41) is 9.18. The van der Waals surface area contributed by atoms with Gasteiger partial charge in [0.15, 0.2) is 0 Å². The molecule has 2 heterocycles. The summed E-state index contributed by atoms with van der Waals surface area (Å²) >= 11 is 2.53. The lowest BCUT2D eigenvalue weighted by molar-refractivity contribution is -0.146. The fraction of sp³-hybridized carbons (Fsp3) is 0.375. The van der Waals surface area contributed by atoms with Crippen molar-refractivity contribution in [3.8, 4) is 0 Å². The average molecular weight is 295 g/mol. The fourth-order valence-electron chi connectivity index (χ4n) is 1.18. The minimum atomic E-state index is -4.60. The van der Waals surface area contributed by atoms with E-state index in [2.05, 4.69) is 15.2 Å². The number of aryl methyl sites for hydroxylation is 1. The largest absolute Gasteiger partial charge is 0.453 e. The van der Waals surface area contributed by atoms with Gasteiger partial charge in [-0.05, 0) is 6.92 Å². The molecule has 10 heteroatoms. The molecule has 2 rings (SSSR count). The molecule has 0 saturated heterocycles. The van der Waals surface area contributed by atoms with Crippen molar-refractivity contribution in [2.45, 2.75) is 24.0 Å². The molecule has 0 saturated carbocycles. The summed E-state index contributed by atoms with van der Waals surface area (Å²) < 4.78 is 37.7. The van der Waals surface area contributed by atoms with E-state index in [0.717, 1.165) is 22.5 Å². The Labute approximate surface area is 108 Å². The van der Waals surface area contributed by atoms with Crippen LogP contribution in [-0.2, 0) is 11.9 Å². The first kappa shape index (κ1) is 13.1. The van der Waals surface area contributed by atoms with Crippen molar-refractivity contribution in [3.05, 3.63) is 21.9 Å². The van der Waals surface area contributed by atoms with Gasteiger partial charge < -0.3 is 5.84 Å². The quantitative estimate of drug-likeness (QED) is 0.693. The van der Waals surface area contributed by atoms with Gasteiger partial charge in [0.25, 0.3) is 5.82 Å². The topological polar surface area (TPSA) is 69.6 Å². The van der Waals surface area contributed by atoms with Crippen LogP contribution in [0.25, 0.3) is 0 Å². The van der Waals surface area contributed by atoms with Gasteiger partial charge in [0, 0.05) is 11.1 Å².